The molecule has 0 radical (unpaired) electrons. The topological polar surface area (TPSA) is 58.4 Å². The molecule has 0 bridgehead atoms. The molecule has 2 amide bonds. The fraction of sp³-hybridized carbons (Fsp3) is 0.533. The number of urea groups is 1. The zero-order valence-corrected chi connectivity index (χ0v) is 11.6. The van der Waals surface area contributed by atoms with Crippen LogP contribution in [0.25, 0.3) is 0 Å². The molecule has 1 saturated heterocycles. The van der Waals surface area contributed by atoms with Gasteiger partial charge in [0.25, 0.3) is 0 Å². The normalized spacial score (nSPS) is 17.7. The molecule has 0 aliphatic carbocycles. The molecule has 0 aromatic heterocycles. The van der Waals surface area contributed by atoms with Crippen LogP contribution in [0, 0.1) is 0 Å². The second-order valence-corrected chi connectivity index (χ2v) is 5.21. The van der Waals surface area contributed by atoms with Crippen molar-refractivity contribution in [2.75, 3.05) is 18.4 Å². The number of carbonyl (C=O) groups excluding carboxylic acids is 1. The highest BCUT2D eigenvalue weighted by Gasteiger charge is 2.17. The summed E-state index contributed by atoms with van der Waals surface area (Å²) in [6.45, 7) is 3.63. The van der Waals surface area contributed by atoms with Crippen molar-refractivity contribution in [2.45, 2.75) is 38.6 Å². The van der Waals surface area contributed by atoms with Gasteiger partial charge in [-0.25, -0.2) is 4.79 Å². The molecule has 1 atom stereocenters. The maximum Gasteiger partial charge on any atom is 0.321 e. The highest BCUT2D eigenvalue weighted by molar-refractivity contribution is 5.90. The summed E-state index contributed by atoms with van der Waals surface area (Å²) in [7, 11) is 0. The third-order valence-corrected chi connectivity index (χ3v) is 3.59. The Hall–Kier alpha value is -1.55. The molecule has 104 valence electrons. The van der Waals surface area contributed by atoms with E-state index in [1.165, 1.54) is 12.8 Å². The van der Waals surface area contributed by atoms with Crippen molar-refractivity contribution in [3.63, 3.8) is 0 Å². The first kappa shape index (κ1) is 13.9. The first-order valence-electron chi connectivity index (χ1n) is 7.09. The predicted molar refractivity (Wildman–Crippen MR) is 78.1 cm³/mol. The Morgan fingerprint density at radius 2 is 1.84 bits per heavy atom. The molecular weight excluding hydrogens is 238 g/mol. The van der Waals surface area contributed by atoms with Crippen molar-refractivity contribution in [1.29, 1.82) is 0 Å². The van der Waals surface area contributed by atoms with E-state index >= 15 is 0 Å². The van der Waals surface area contributed by atoms with E-state index in [2.05, 4.69) is 5.32 Å². The highest BCUT2D eigenvalue weighted by atomic mass is 16.2. The van der Waals surface area contributed by atoms with Crippen molar-refractivity contribution in [3.05, 3.63) is 29.8 Å². The molecule has 1 unspecified atom stereocenters. The van der Waals surface area contributed by atoms with Gasteiger partial charge in [-0.15, -0.1) is 0 Å². The number of hydrogen-bond donors (Lipinski definition) is 2. The number of nitrogens with zero attached hydrogens (tertiary/aromatic N) is 1. The summed E-state index contributed by atoms with van der Waals surface area (Å²) in [6.07, 6.45) is 4.64. The van der Waals surface area contributed by atoms with Crippen LogP contribution >= 0.6 is 0 Å². The van der Waals surface area contributed by atoms with Crippen LogP contribution in [0.5, 0.6) is 0 Å². The monoisotopic (exact) mass is 261 g/mol. The lowest BCUT2D eigenvalue weighted by atomic mass is 10.1. The summed E-state index contributed by atoms with van der Waals surface area (Å²) < 4.78 is 0. The molecule has 0 saturated carbocycles. The fourth-order valence-electron chi connectivity index (χ4n) is 2.48. The molecule has 1 fully saturated rings. The lowest BCUT2D eigenvalue weighted by Crippen LogP contribution is -2.36. The molecule has 4 nitrogen and oxygen atoms in total. The SMILES string of the molecule is CC(N)c1ccccc1NC(=O)N1CCCCCC1. The van der Waals surface area contributed by atoms with E-state index in [9.17, 15) is 4.79 Å². The maximum absolute atomic E-state index is 12.3. The van der Waals surface area contributed by atoms with Crippen LogP contribution in [0.3, 0.4) is 0 Å². The van der Waals surface area contributed by atoms with Crippen LogP contribution in [0.4, 0.5) is 10.5 Å². The Bertz CT molecular complexity index is 423. The molecule has 1 aliphatic rings. The zero-order valence-electron chi connectivity index (χ0n) is 11.6. The molecule has 1 aromatic rings. The second-order valence-electron chi connectivity index (χ2n) is 5.21. The summed E-state index contributed by atoms with van der Waals surface area (Å²) in [5, 5.41) is 3.00. The van der Waals surface area contributed by atoms with Gasteiger partial charge >= 0.3 is 6.03 Å². The number of amides is 2. The van der Waals surface area contributed by atoms with Gasteiger partial charge < -0.3 is 16.0 Å². The molecule has 1 aromatic carbocycles. The summed E-state index contributed by atoms with van der Waals surface area (Å²) in [5.74, 6) is 0. The van der Waals surface area contributed by atoms with Crippen molar-refractivity contribution in [1.82, 2.24) is 4.90 Å². The molecule has 19 heavy (non-hydrogen) atoms. The van der Waals surface area contributed by atoms with E-state index in [1.54, 1.807) is 0 Å². The van der Waals surface area contributed by atoms with Gasteiger partial charge in [0.2, 0.25) is 0 Å². The average Bonchev–Trinajstić information content (AvgIpc) is 2.68. The lowest BCUT2D eigenvalue weighted by Gasteiger charge is -2.22. The van der Waals surface area contributed by atoms with Crippen LogP contribution < -0.4 is 11.1 Å². The molecular formula is C15H23N3O. The van der Waals surface area contributed by atoms with Gasteiger partial charge in [0.05, 0.1) is 0 Å². The Morgan fingerprint density at radius 1 is 1.21 bits per heavy atom. The smallest absolute Gasteiger partial charge is 0.321 e. The summed E-state index contributed by atoms with van der Waals surface area (Å²) in [5.41, 5.74) is 7.73. The maximum atomic E-state index is 12.3. The quantitative estimate of drug-likeness (QED) is 0.859. The van der Waals surface area contributed by atoms with Gasteiger partial charge in [-0.2, -0.15) is 0 Å². The number of nitrogens with two attached hydrogens (primary N) is 1. The van der Waals surface area contributed by atoms with Crippen LogP contribution in [0.1, 0.15) is 44.2 Å². The molecule has 3 N–H and O–H groups in total. The number of nitrogens with one attached hydrogen (secondary N) is 1. The van der Waals surface area contributed by atoms with E-state index in [0.717, 1.165) is 37.2 Å². The van der Waals surface area contributed by atoms with Crippen LogP contribution in [-0.4, -0.2) is 24.0 Å². The molecule has 2 rings (SSSR count). The van der Waals surface area contributed by atoms with Crippen LogP contribution in [0.15, 0.2) is 24.3 Å². The fourth-order valence-corrected chi connectivity index (χ4v) is 2.48. The van der Waals surface area contributed by atoms with E-state index < -0.39 is 0 Å². The van der Waals surface area contributed by atoms with Gasteiger partial charge in [0.1, 0.15) is 0 Å². The van der Waals surface area contributed by atoms with Crippen molar-refractivity contribution in [2.24, 2.45) is 5.73 Å². The molecule has 4 heteroatoms. The van der Waals surface area contributed by atoms with Gasteiger partial charge in [-0.05, 0) is 31.4 Å². The Kier molecular flexibility index (Phi) is 4.80. The summed E-state index contributed by atoms with van der Waals surface area (Å²) in [4.78, 5) is 14.2. The number of hydrogen-bond acceptors (Lipinski definition) is 2. The third kappa shape index (κ3) is 3.70. The Morgan fingerprint density at radius 3 is 2.47 bits per heavy atom. The Balaban J connectivity index is 2.05. The first-order chi connectivity index (χ1) is 9.18. The standard InChI is InChI=1S/C15H23N3O/c1-12(16)13-8-4-5-9-14(13)17-15(19)18-10-6-2-3-7-11-18/h4-5,8-9,12H,2-3,6-7,10-11,16H2,1H3,(H,17,19). The van der Waals surface area contributed by atoms with Crippen molar-refractivity contribution < 1.29 is 4.79 Å². The molecule has 1 aliphatic heterocycles. The Labute approximate surface area is 115 Å². The minimum atomic E-state index is -0.0827. The van der Waals surface area contributed by atoms with E-state index in [4.69, 9.17) is 5.73 Å². The van der Waals surface area contributed by atoms with Gasteiger partial charge in [-0.1, -0.05) is 31.0 Å². The lowest BCUT2D eigenvalue weighted by molar-refractivity contribution is 0.213. The first-order valence-corrected chi connectivity index (χ1v) is 7.09. The van der Waals surface area contributed by atoms with Crippen molar-refractivity contribution in [3.8, 4) is 0 Å². The predicted octanol–water partition coefficient (Wildman–Crippen LogP) is 3.11. The van der Waals surface area contributed by atoms with Gasteiger partial charge in [-0.3, -0.25) is 0 Å². The highest BCUT2D eigenvalue weighted by Crippen LogP contribution is 2.21. The van der Waals surface area contributed by atoms with Crippen LogP contribution in [-0.2, 0) is 0 Å². The largest absolute Gasteiger partial charge is 0.325 e. The molecule has 1 heterocycles. The minimum absolute atomic E-state index is 0.00463. The number of likely N-dealkylation sites (tertiary alicyclic amines) is 1. The third-order valence-electron chi connectivity index (χ3n) is 3.59. The number of anilines is 1. The van der Waals surface area contributed by atoms with Crippen molar-refractivity contribution >= 4 is 11.7 Å². The van der Waals surface area contributed by atoms with E-state index in [1.807, 2.05) is 36.1 Å². The average molecular weight is 261 g/mol. The van der Waals surface area contributed by atoms with Gasteiger partial charge in [0.15, 0.2) is 0 Å². The minimum Gasteiger partial charge on any atom is -0.325 e. The van der Waals surface area contributed by atoms with Gasteiger partial charge in [0, 0.05) is 24.8 Å². The van der Waals surface area contributed by atoms with E-state index in [-0.39, 0.29) is 12.1 Å². The molecule has 0 spiro atoms. The number of benzene rings is 1. The second kappa shape index (κ2) is 6.57. The summed E-state index contributed by atoms with van der Waals surface area (Å²) >= 11 is 0. The number of rotatable bonds is 2. The van der Waals surface area contributed by atoms with E-state index in [0.29, 0.717) is 0 Å². The summed E-state index contributed by atoms with van der Waals surface area (Å²) in [6, 6.07) is 7.65. The number of para-hydroxylation sites is 1. The zero-order chi connectivity index (χ0) is 13.7. The number of carbonyl (C=O) groups is 1. The van der Waals surface area contributed by atoms with Crippen LogP contribution in [0.2, 0.25) is 0 Å².